The smallest absolute Gasteiger partial charge is 0.124 e. The summed E-state index contributed by atoms with van der Waals surface area (Å²) in [5.41, 5.74) is 1.17. The maximum absolute atomic E-state index is 5.97. The molecular weight excluding hydrogens is 248 g/mol. The Bertz CT molecular complexity index is 479. The molecule has 0 unspecified atom stereocenters. The normalized spacial score (nSPS) is 30.3. The van der Waals surface area contributed by atoms with Crippen LogP contribution in [-0.2, 0) is 10.3 Å². The largest absolute Gasteiger partial charge is 0.370 e. The Labute approximate surface area is 121 Å². The zero-order valence-corrected chi connectivity index (χ0v) is 12.4. The van der Waals surface area contributed by atoms with Gasteiger partial charge in [0.05, 0.1) is 17.7 Å². The number of nitrogens with one attached hydrogen (secondary N) is 1. The van der Waals surface area contributed by atoms with Crippen LogP contribution >= 0.6 is 0 Å². The van der Waals surface area contributed by atoms with Gasteiger partial charge in [-0.15, -0.1) is 0 Å². The van der Waals surface area contributed by atoms with Gasteiger partial charge in [-0.05, 0) is 32.3 Å². The fourth-order valence-electron chi connectivity index (χ4n) is 3.22. The van der Waals surface area contributed by atoms with Crippen LogP contribution in [-0.4, -0.2) is 24.6 Å². The lowest BCUT2D eigenvalue weighted by molar-refractivity contribution is 0.0860. The van der Waals surface area contributed by atoms with E-state index in [2.05, 4.69) is 49.5 Å². The van der Waals surface area contributed by atoms with Gasteiger partial charge in [0, 0.05) is 0 Å². The van der Waals surface area contributed by atoms with Crippen LogP contribution in [0, 0.1) is 0 Å². The van der Waals surface area contributed by atoms with Gasteiger partial charge >= 0.3 is 0 Å². The molecule has 0 aromatic heterocycles. The molecule has 1 aliphatic carbocycles. The van der Waals surface area contributed by atoms with E-state index in [4.69, 9.17) is 9.73 Å². The topological polar surface area (TPSA) is 33.6 Å². The monoisotopic (exact) mass is 272 g/mol. The van der Waals surface area contributed by atoms with Gasteiger partial charge in [-0.1, -0.05) is 43.2 Å². The van der Waals surface area contributed by atoms with Crippen molar-refractivity contribution in [1.29, 1.82) is 0 Å². The molecule has 0 amide bonds. The summed E-state index contributed by atoms with van der Waals surface area (Å²) in [5, 5.41) is 3.58. The molecular formula is C17H24N2O. The molecule has 0 spiro atoms. The van der Waals surface area contributed by atoms with E-state index < -0.39 is 0 Å². The summed E-state index contributed by atoms with van der Waals surface area (Å²) in [7, 11) is 0. The van der Waals surface area contributed by atoms with Crippen LogP contribution in [0.2, 0.25) is 0 Å². The molecule has 0 bridgehead atoms. The van der Waals surface area contributed by atoms with Gasteiger partial charge in [0.25, 0.3) is 0 Å². The first-order chi connectivity index (χ1) is 9.68. The summed E-state index contributed by atoms with van der Waals surface area (Å²) in [6.45, 7) is 5.01. The number of aliphatic imine (C=N–C) groups is 1. The van der Waals surface area contributed by atoms with Crippen LogP contribution in [0.3, 0.4) is 0 Å². The van der Waals surface area contributed by atoms with Crippen molar-refractivity contribution in [2.24, 2.45) is 4.99 Å². The fraction of sp³-hybridized carbons (Fsp3) is 0.588. The van der Waals surface area contributed by atoms with E-state index in [0.29, 0.717) is 12.7 Å². The van der Waals surface area contributed by atoms with Gasteiger partial charge in [-0.25, -0.2) is 0 Å². The lowest BCUT2D eigenvalue weighted by Gasteiger charge is -2.30. The average molecular weight is 272 g/mol. The molecule has 3 heteroatoms. The number of rotatable bonds is 4. The first-order valence-electron chi connectivity index (χ1n) is 7.70. The minimum atomic E-state index is -0.115. The summed E-state index contributed by atoms with van der Waals surface area (Å²) in [6.07, 6.45) is 5.47. The molecule has 2 aliphatic rings. The predicted molar refractivity (Wildman–Crippen MR) is 82.0 cm³/mol. The van der Waals surface area contributed by atoms with E-state index in [1.54, 1.807) is 0 Å². The third-order valence-electron chi connectivity index (χ3n) is 4.72. The summed E-state index contributed by atoms with van der Waals surface area (Å²) in [4.78, 5) is 4.76. The van der Waals surface area contributed by atoms with E-state index in [1.165, 1.54) is 31.2 Å². The Kier molecular flexibility index (Phi) is 3.79. The van der Waals surface area contributed by atoms with E-state index in [-0.39, 0.29) is 11.6 Å². The molecule has 1 fully saturated rings. The molecule has 2 atom stereocenters. The fourth-order valence-corrected chi connectivity index (χ4v) is 3.22. The quantitative estimate of drug-likeness (QED) is 0.913. The van der Waals surface area contributed by atoms with Crippen molar-refractivity contribution in [3.05, 3.63) is 35.9 Å². The number of nitrogens with zero attached hydrogens (tertiary/aromatic N) is 1. The number of amidine groups is 1. The van der Waals surface area contributed by atoms with Crippen molar-refractivity contribution in [2.75, 3.05) is 6.61 Å². The molecule has 0 radical (unpaired) electrons. The second kappa shape index (κ2) is 5.57. The second-order valence-electron chi connectivity index (χ2n) is 6.16. The van der Waals surface area contributed by atoms with Gasteiger partial charge in [0.1, 0.15) is 12.4 Å². The Morgan fingerprint density at radius 1 is 1.25 bits per heavy atom. The Morgan fingerprint density at radius 2 is 1.95 bits per heavy atom. The van der Waals surface area contributed by atoms with Crippen LogP contribution in [0.25, 0.3) is 0 Å². The highest BCUT2D eigenvalue weighted by molar-refractivity contribution is 5.86. The van der Waals surface area contributed by atoms with E-state index in [0.717, 1.165) is 5.84 Å². The summed E-state index contributed by atoms with van der Waals surface area (Å²) >= 11 is 0. The second-order valence-corrected chi connectivity index (χ2v) is 6.16. The maximum Gasteiger partial charge on any atom is 0.124 e. The van der Waals surface area contributed by atoms with Crippen LogP contribution in [0.5, 0.6) is 0 Å². The van der Waals surface area contributed by atoms with Gasteiger partial charge in [0.15, 0.2) is 0 Å². The van der Waals surface area contributed by atoms with Crippen LogP contribution in [0.15, 0.2) is 35.3 Å². The van der Waals surface area contributed by atoms with Gasteiger partial charge in [-0.3, -0.25) is 4.99 Å². The van der Waals surface area contributed by atoms with Gasteiger partial charge in [0.2, 0.25) is 0 Å². The number of hydrogen-bond donors (Lipinski definition) is 1. The van der Waals surface area contributed by atoms with Crippen LogP contribution in [0.1, 0.15) is 45.1 Å². The van der Waals surface area contributed by atoms with Gasteiger partial charge < -0.3 is 10.1 Å². The van der Waals surface area contributed by atoms with Crippen molar-refractivity contribution in [2.45, 2.75) is 57.2 Å². The molecule has 108 valence electrons. The standard InChI is InChI=1S/C17H24N2O/c1-13-17(2,14-8-4-3-5-9-14)19-16(18-13)12-20-15-10-6-7-11-15/h3-5,8-9,13,15H,6-7,10-12H2,1-2H3,(H,18,19)/t13-,17-/m1/s1. The number of ether oxygens (including phenoxy) is 1. The molecule has 1 N–H and O–H groups in total. The Morgan fingerprint density at radius 3 is 2.65 bits per heavy atom. The van der Waals surface area contributed by atoms with Crippen LogP contribution < -0.4 is 5.32 Å². The summed E-state index contributed by atoms with van der Waals surface area (Å²) in [5.74, 6) is 0.996. The predicted octanol–water partition coefficient (Wildman–Crippen LogP) is 3.25. The molecule has 20 heavy (non-hydrogen) atoms. The van der Waals surface area contributed by atoms with E-state index in [1.807, 2.05) is 0 Å². The molecule has 1 heterocycles. The number of hydrogen-bond acceptors (Lipinski definition) is 3. The highest BCUT2D eigenvalue weighted by atomic mass is 16.5. The number of benzene rings is 1. The minimum Gasteiger partial charge on any atom is -0.370 e. The zero-order valence-electron chi connectivity index (χ0n) is 12.4. The molecule has 1 aliphatic heterocycles. The molecule has 1 aromatic rings. The highest BCUT2D eigenvalue weighted by Gasteiger charge is 2.38. The van der Waals surface area contributed by atoms with Crippen molar-refractivity contribution < 1.29 is 4.74 Å². The summed E-state index contributed by atoms with van der Waals surface area (Å²) < 4.78 is 5.97. The summed E-state index contributed by atoms with van der Waals surface area (Å²) in [6, 6.07) is 10.8. The lowest BCUT2D eigenvalue weighted by Crippen LogP contribution is -2.44. The zero-order chi connectivity index (χ0) is 14.0. The molecule has 3 nitrogen and oxygen atoms in total. The SMILES string of the molecule is C[C@H]1N=C(COC2CCCC2)N[C@@]1(C)c1ccccc1. The first kappa shape index (κ1) is 13.6. The molecule has 1 saturated carbocycles. The van der Waals surface area contributed by atoms with Crippen molar-refractivity contribution >= 4 is 5.84 Å². The van der Waals surface area contributed by atoms with Crippen LogP contribution in [0.4, 0.5) is 0 Å². The van der Waals surface area contributed by atoms with Crippen molar-refractivity contribution in [1.82, 2.24) is 5.32 Å². The highest BCUT2D eigenvalue weighted by Crippen LogP contribution is 2.30. The first-order valence-corrected chi connectivity index (χ1v) is 7.70. The maximum atomic E-state index is 5.97. The lowest BCUT2D eigenvalue weighted by atomic mass is 9.87. The molecule has 1 aromatic carbocycles. The third kappa shape index (κ3) is 2.59. The molecule has 0 saturated heterocycles. The van der Waals surface area contributed by atoms with Crippen molar-refractivity contribution in [3.63, 3.8) is 0 Å². The Hall–Kier alpha value is -1.35. The third-order valence-corrected chi connectivity index (χ3v) is 4.72. The van der Waals surface area contributed by atoms with E-state index >= 15 is 0 Å². The Balaban J connectivity index is 1.64. The van der Waals surface area contributed by atoms with Crippen molar-refractivity contribution in [3.8, 4) is 0 Å². The average Bonchev–Trinajstić information content (AvgIpc) is 3.07. The van der Waals surface area contributed by atoms with Gasteiger partial charge in [-0.2, -0.15) is 0 Å². The van der Waals surface area contributed by atoms with E-state index in [9.17, 15) is 0 Å². The molecule has 3 rings (SSSR count). The minimum absolute atomic E-state index is 0.115.